The van der Waals surface area contributed by atoms with Crippen LogP contribution in [0.5, 0.6) is 5.75 Å². The van der Waals surface area contributed by atoms with Crippen molar-refractivity contribution in [3.63, 3.8) is 0 Å². The number of alkyl halides is 3. The summed E-state index contributed by atoms with van der Waals surface area (Å²) in [6.45, 7) is 1.33. The molecular weight excluding hydrogens is 489 g/mol. The molecule has 7 nitrogen and oxygen atoms in total. The van der Waals surface area contributed by atoms with E-state index in [-0.39, 0.29) is 34.0 Å². The molecule has 1 heterocycles. The summed E-state index contributed by atoms with van der Waals surface area (Å²) in [6.07, 6.45) is -4.74. The Morgan fingerprint density at radius 1 is 0.973 bits per heavy atom. The molecule has 0 aliphatic carbocycles. The first-order chi connectivity index (χ1) is 17.6. The lowest BCUT2D eigenvalue weighted by atomic mass is 10.1. The van der Waals surface area contributed by atoms with Gasteiger partial charge in [0.2, 0.25) is 0 Å². The fourth-order valence-corrected chi connectivity index (χ4v) is 3.69. The largest absolute Gasteiger partial charge is 0.484 e. The second-order valence-corrected chi connectivity index (χ2v) is 8.12. The third-order valence-corrected chi connectivity index (χ3v) is 5.48. The van der Waals surface area contributed by atoms with E-state index in [1.165, 1.54) is 6.07 Å². The molecule has 0 aliphatic rings. The van der Waals surface area contributed by atoms with E-state index in [0.29, 0.717) is 6.07 Å². The number of amides is 2. The first-order valence-electron chi connectivity index (χ1n) is 11.1. The van der Waals surface area contributed by atoms with Crippen LogP contribution < -0.4 is 21.0 Å². The van der Waals surface area contributed by atoms with Crippen molar-refractivity contribution in [2.45, 2.75) is 19.1 Å². The summed E-state index contributed by atoms with van der Waals surface area (Å²) in [5, 5.41) is 5.17. The fraction of sp³-hybridized carbons (Fsp3) is 0.148. The Bertz CT molecular complexity index is 1500. The maximum Gasteiger partial charge on any atom is 0.417 e. The normalized spacial score (nSPS) is 12.1. The monoisotopic (exact) mass is 510 g/mol. The van der Waals surface area contributed by atoms with Crippen LogP contribution in [0.2, 0.25) is 0 Å². The molecular formula is C27H21F3N2O5. The number of nitrogens with one attached hydrogen (secondary N) is 2. The smallest absolute Gasteiger partial charge is 0.417 e. The minimum absolute atomic E-state index is 0.0211. The molecule has 4 aromatic rings. The molecule has 3 aromatic carbocycles. The van der Waals surface area contributed by atoms with Crippen LogP contribution in [0, 0.1) is 0 Å². The molecule has 0 fully saturated rings. The number of halogens is 3. The molecule has 0 saturated heterocycles. The number of anilines is 1. The lowest BCUT2D eigenvalue weighted by Crippen LogP contribution is -2.28. The third-order valence-electron chi connectivity index (χ3n) is 5.48. The van der Waals surface area contributed by atoms with E-state index in [0.717, 1.165) is 17.7 Å². The van der Waals surface area contributed by atoms with Gasteiger partial charge < -0.3 is 19.8 Å². The van der Waals surface area contributed by atoms with Crippen LogP contribution in [0.4, 0.5) is 18.9 Å². The first-order valence-corrected chi connectivity index (χ1v) is 11.1. The van der Waals surface area contributed by atoms with Gasteiger partial charge in [0.25, 0.3) is 11.8 Å². The van der Waals surface area contributed by atoms with Gasteiger partial charge in [-0.3, -0.25) is 9.59 Å². The van der Waals surface area contributed by atoms with E-state index in [1.54, 1.807) is 24.3 Å². The summed E-state index contributed by atoms with van der Waals surface area (Å²) >= 11 is 0. The maximum atomic E-state index is 13.2. The number of fused-ring (bicyclic) bond motifs is 1. The molecule has 1 atom stereocenters. The van der Waals surface area contributed by atoms with E-state index in [4.69, 9.17) is 9.15 Å². The van der Waals surface area contributed by atoms with E-state index in [2.05, 4.69) is 10.6 Å². The highest BCUT2D eigenvalue weighted by atomic mass is 19.4. The number of ether oxygens (including phenoxy) is 1. The summed E-state index contributed by atoms with van der Waals surface area (Å²) in [6, 6.07) is 19.4. The lowest BCUT2D eigenvalue weighted by molar-refractivity contribution is -0.136. The molecule has 0 unspecified atom stereocenters. The van der Waals surface area contributed by atoms with Crippen molar-refractivity contribution in [3.05, 3.63) is 106 Å². The molecule has 0 aliphatic heterocycles. The van der Waals surface area contributed by atoms with Crippen LogP contribution in [0.25, 0.3) is 11.0 Å². The van der Waals surface area contributed by atoms with Gasteiger partial charge in [-0.1, -0.05) is 42.5 Å². The second-order valence-electron chi connectivity index (χ2n) is 8.12. The van der Waals surface area contributed by atoms with Gasteiger partial charge in [-0.2, -0.15) is 13.2 Å². The highest BCUT2D eigenvalue weighted by Gasteiger charge is 2.33. The van der Waals surface area contributed by atoms with E-state index < -0.39 is 35.8 Å². The molecule has 0 bridgehead atoms. The van der Waals surface area contributed by atoms with Crippen molar-refractivity contribution in [3.8, 4) is 5.75 Å². The van der Waals surface area contributed by atoms with Crippen LogP contribution in [-0.2, 0) is 11.0 Å². The number of carbonyl (C=O) groups excluding carboxylic acids is 2. The Morgan fingerprint density at radius 3 is 2.41 bits per heavy atom. The molecule has 1 aromatic heterocycles. The molecule has 190 valence electrons. The molecule has 4 rings (SSSR count). The highest BCUT2D eigenvalue weighted by Crippen LogP contribution is 2.34. The second kappa shape index (κ2) is 10.6. The van der Waals surface area contributed by atoms with Crippen LogP contribution in [0.3, 0.4) is 0 Å². The Hall–Kier alpha value is -4.60. The number of rotatable bonds is 7. The summed E-state index contributed by atoms with van der Waals surface area (Å²) < 4.78 is 49.9. The average molecular weight is 510 g/mol. The average Bonchev–Trinajstić information content (AvgIpc) is 2.87. The predicted octanol–water partition coefficient (Wildman–Crippen LogP) is 5.32. The number of hydrogen-bond donors (Lipinski definition) is 2. The summed E-state index contributed by atoms with van der Waals surface area (Å²) in [7, 11) is 0. The molecule has 0 spiro atoms. The van der Waals surface area contributed by atoms with Crippen molar-refractivity contribution < 1.29 is 31.9 Å². The van der Waals surface area contributed by atoms with Gasteiger partial charge in [-0.15, -0.1) is 0 Å². The zero-order chi connectivity index (χ0) is 26.6. The van der Waals surface area contributed by atoms with Gasteiger partial charge in [0.15, 0.2) is 6.61 Å². The molecule has 2 N–H and O–H groups in total. The Labute approximate surface area is 208 Å². The predicted molar refractivity (Wildman–Crippen MR) is 130 cm³/mol. The van der Waals surface area contributed by atoms with Gasteiger partial charge in [0.1, 0.15) is 11.3 Å². The number of benzene rings is 3. The van der Waals surface area contributed by atoms with Crippen molar-refractivity contribution in [2.24, 2.45) is 0 Å². The minimum atomic E-state index is -4.74. The van der Waals surface area contributed by atoms with Gasteiger partial charge in [0.05, 0.1) is 22.9 Å². The summed E-state index contributed by atoms with van der Waals surface area (Å²) in [5.74, 6) is -0.979. The van der Waals surface area contributed by atoms with Gasteiger partial charge in [-0.25, -0.2) is 4.79 Å². The molecule has 37 heavy (non-hydrogen) atoms. The van der Waals surface area contributed by atoms with Gasteiger partial charge >= 0.3 is 11.8 Å². The maximum absolute atomic E-state index is 13.2. The zero-order valence-electron chi connectivity index (χ0n) is 19.5. The minimum Gasteiger partial charge on any atom is -0.484 e. The van der Waals surface area contributed by atoms with Crippen LogP contribution >= 0.6 is 0 Å². The number of para-hydroxylation sites is 1. The summed E-state index contributed by atoms with van der Waals surface area (Å²) in [5.41, 5.74) is -1.20. The molecule has 2 amide bonds. The summed E-state index contributed by atoms with van der Waals surface area (Å²) in [4.78, 5) is 36.9. The Balaban J connectivity index is 1.43. The van der Waals surface area contributed by atoms with Gasteiger partial charge in [-0.05, 0) is 36.8 Å². The van der Waals surface area contributed by atoms with E-state index in [9.17, 15) is 27.6 Å². The van der Waals surface area contributed by atoms with Crippen molar-refractivity contribution >= 4 is 28.5 Å². The third kappa shape index (κ3) is 6.16. The Morgan fingerprint density at radius 2 is 1.68 bits per heavy atom. The fourth-order valence-electron chi connectivity index (χ4n) is 3.69. The van der Waals surface area contributed by atoms with Crippen molar-refractivity contribution in [1.82, 2.24) is 5.32 Å². The molecule has 0 saturated carbocycles. The highest BCUT2D eigenvalue weighted by molar-refractivity contribution is 6.04. The standard InChI is InChI=1S/C27H21F3N2O5/c1-16(17-7-3-2-4-8-17)31-26(35)20-9-5-6-10-22(20)32-24(33)15-36-18-11-12-19-21(27(28,29)30)14-25(34)37-23(19)13-18/h2-14,16H,15H2,1H3,(H,31,35)(H,32,33)/t16-/m0/s1. The molecule has 0 radical (unpaired) electrons. The van der Waals surface area contributed by atoms with E-state index >= 15 is 0 Å². The first kappa shape index (κ1) is 25.5. The van der Waals surface area contributed by atoms with Crippen LogP contribution in [-0.4, -0.2) is 18.4 Å². The van der Waals surface area contributed by atoms with Crippen molar-refractivity contribution in [2.75, 3.05) is 11.9 Å². The lowest BCUT2D eigenvalue weighted by Gasteiger charge is -2.16. The van der Waals surface area contributed by atoms with Crippen LogP contribution in [0.15, 0.2) is 88.1 Å². The van der Waals surface area contributed by atoms with E-state index in [1.807, 2.05) is 37.3 Å². The number of carbonyl (C=O) groups is 2. The quantitative estimate of drug-likeness (QED) is 0.328. The van der Waals surface area contributed by atoms with Gasteiger partial charge in [0, 0.05) is 17.5 Å². The topological polar surface area (TPSA) is 97.6 Å². The zero-order valence-corrected chi connectivity index (χ0v) is 19.5. The molecule has 10 heteroatoms. The van der Waals surface area contributed by atoms with Crippen molar-refractivity contribution in [1.29, 1.82) is 0 Å². The SMILES string of the molecule is C[C@H](NC(=O)c1ccccc1NC(=O)COc1ccc2c(C(F)(F)F)cc(=O)oc2c1)c1ccccc1. The van der Waals surface area contributed by atoms with Crippen LogP contribution in [0.1, 0.15) is 34.5 Å². The number of hydrogen-bond acceptors (Lipinski definition) is 5. The Kier molecular flexibility index (Phi) is 7.28.